The second-order valence-corrected chi connectivity index (χ2v) is 12.0. The predicted octanol–water partition coefficient (Wildman–Crippen LogP) is 7.33. The molecule has 1 fully saturated rings. The Labute approximate surface area is 272 Å². The Morgan fingerprint density at radius 2 is 1.78 bits per heavy atom. The lowest BCUT2D eigenvalue weighted by atomic mass is 10.0. The van der Waals surface area contributed by atoms with Gasteiger partial charge in [-0.1, -0.05) is 80.3 Å². The number of carbonyl (C=O) groups excluding carboxylic acids is 2. The number of halogens is 3. The van der Waals surface area contributed by atoms with Crippen molar-refractivity contribution < 1.29 is 27.5 Å². The van der Waals surface area contributed by atoms with E-state index in [1.807, 2.05) is 24.3 Å². The van der Waals surface area contributed by atoms with Crippen LogP contribution in [0.3, 0.4) is 0 Å². The minimum absolute atomic E-state index is 0.0890. The lowest BCUT2D eigenvalue weighted by Gasteiger charge is -2.22. The molecule has 0 saturated carbocycles. The summed E-state index contributed by atoms with van der Waals surface area (Å²) in [6.45, 7) is 4.12. The Morgan fingerprint density at radius 3 is 2.43 bits per heavy atom. The maximum absolute atomic E-state index is 12.9. The normalized spacial score (nSPS) is 15.0. The minimum atomic E-state index is -4.43. The van der Waals surface area contributed by atoms with Crippen LogP contribution in [0.1, 0.15) is 48.9 Å². The van der Waals surface area contributed by atoms with Crippen molar-refractivity contribution in [1.29, 1.82) is 0 Å². The summed E-state index contributed by atoms with van der Waals surface area (Å²) < 4.78 is 45.0. The fourth-order valence-electron chi connectivity index (χ4n) is 4.83. The van der Waals surface area contributed by atoms with Crippen molar-refractivity contribution in [2.24, 2.45) is 4.99 Å². The quantitative estimate of drug-likeness (QED) is 0.197. The van der Waals surface area contributed by atoms with Crippen LogP contribution >= 0.6 is 24.0 Å². The van der Waals surface area contributed by atoms with E-state index in [1.165, 1.54) is 42.0 Å². The van der Waals surface area contributed by atoms with Gasteiger partial charge in [-0.25, -0.2) is 19.5 Å². The highest BCUT2D eigenvalue weighted by molar-refractivity contribution is 8.15. The largest absolute Gasteiger partial charge is 0.453 e. The van der Waals surface area contributed by atoms with E-state index in [4.69, 9.17) is 17.0 Å². The van der Waals surface area contributed by atoms with E-state index in [2.05, 4.69) is 34.2 Å². The van der Waals surface area contributed by atoms with E-state index in [0.29, 0.717) is 27.8 Å². The van der Waals surface area contributed by atoms with Gasteiger partial charge in [0.1, 0.15) is 11.3 Å². The number of carbonyl (C=O) groups is 2. The summed E-state index contributed by atoms with van der Waals surface area (Å²) in [4.78, 5) is 36.0. The summed E-state index contributed by atoms with van der Waals surface area (Å²) >= 11 is 6.95. The van der Waals surface area contributed by atoms with Crippen LogP contribution < -0.4 is 10.2 Å². The number of nitrogens with zero attached hydrogens (tertiary/aromatic N) is 5. The molecule has 0 aliphatic carbocycles. The van der Waals surface area contributed by atoms with Crippen molar-refractivity contribution in [2.45, 2.75) is 38.4 Å². The van der Waals surface area contributed by atoms with Gasteiger partial charge in [-0.15, -0.1) is 5.10 Å². The first kappa shape index (κ1) is 32.8. The summed E-state index contributed by atoms with van der Waals surface area (Å²) in [7, 11) is 1.26. The van der Waals surface area contributed by atoms with E-state index < -0.39 is 23.9 Å². The number of nitrogens with one attached hydrogen (secondary N) is 1. The van der Waals surface area contributed by atoms with Gasteiger partial charge in [0, 0.05) is 12.0 Å². The first-order valence-corrected chi connectivity index (χ1v) is 15.5. The number of hydrogen-bond donors (Lipinski definition) is 1. The number of alkyl carbamates (subject to hydrolysis) is 1. The number of alkyl halides is 3. The van der Waals surface area contributed by atoms with Crippen LogP contribution in [0.25, 0.3) is 17.1 Å². The minimum Gasteiger partial charge on any atom is -0.453 e. The van der Waals surface area contributed by atoms with E-state index in [-0.39, 0.29) is 29.0 Å². The average Bonchev–Trinajstić information content (AvgIpc) is 3.67. The van der Waals surface area contributed by atoms with Crippen molar-refractivity contribution in [1.82, 2.24) is 20.1 Å². The zero-order chi connectivity index (χ0) is 33.0. The number of aromatic nitrogens is 3. The molecule has 0 radical (unpaired) electrons. The molecule has 46 heavy (non-hydrogen) atoms. The molecule has 1 N–H and O–H groups in total. The number of methoxy groups -OCH3 is 1. The molecule has 1 aliphatic heterocycles. The highest BCUT2D eigenvalue weighted by Crippen LogP contribution is 2.34. The second kappa shape index (κ2) is 13.8. The number of anilines is 1. The molecule has 3 aromatic carbocycles. The molecule has 14 heteroatoms. The third-order valence-corrected chi connectivity index (χ3v) is 8.35. The van der Waals surface area contributed by atoms with Gasteiger partial charge in [-0.3, -0.25) is 9.69 Å². The standard InChI is InChI=1S/C32H29F3N6O3S2/c1-19(2)24-6-4-5-7-26(24)41-28(42)17-46-30(41)38-27(45)16-25(37-31(43)44-3)20-8-10-21(11-9-20)29-36-18-40(39-29)23-14-12-22(13-15-23)32(33,34)35/h4-15,18-19,25H,16-17H2,1-3H3,(H,37,43). The number of thioether (sulfide) groups is 1. The molecular weight excluding hydrogens is 638 g/mol. The SMILES string of the molecule is COC(=O)NC(CC(=S)N=C1SCC(=O)N1c1ccccc1C(C)C)c1ccc(-c2ncn(-c3ccc(C(F)(F)F)cc3)n2)cc1. The number of ether oxygens (including phenoxy) is 1. The molecule has 238 valence electrons. The number of benzene rings is 3. The highest BCUT2D eigenvalue weighted by Gasteiger charge is 2.32. The summed E-state index contributed by atoms with van der Waals surface area (Å²) in [5.74, 6) is 0.694. The van der Waals surface area contributed by atoms with Crippen LogP contribution in [0.5, 0.6) is 0 Å². The van der Waals surface area contributed by atoms with Gasteiger partial charge in [0.2, 0.25) is 5.91 Å². The molecule has 2 heterocycles. The summed E-state index contributed by atoms with van der Waals surface area (Å²) in [6.07, 6.45) is -3.51. The van der Waals surface area contributed by atoms with E-state index >= 15 is 0 Å². The first-order valence-electron chi connectivity index (χ1n) is 14.1. The van der Waals surface area contributed by atoms with Crippen molar-refractivity contribution >= 4 is 51.8 Å². The monoisotopic (exact) mass is 666 g/mol. The molecule has 1 unspecified atom stereocenters. The molecule has 2 amide bonds. The van der Waals surface area contributed by atoms with Crippen molar-refractivity contribution in [3.8, 4) is 17.1 Å². The number of hydrogen-bond acceptors (Lipinski definition) is 7. The molecule has 9 nitrogen and oxygen atoms in total. The summed E-state index contributed by atoms with van der Waals surface area (Å²) in [6, 6.07) is 18.8. The number of rotatable bonds is 8. The smallest absolute Gasteiger partial charge is 0.416 e. The molecular formula is C32H29F3N6O3S2. The zero-order valence-corrected chi connectivity index (χ0v) is 26.6. The molecule has 0 spiro atoms. The first-order chi connectivity index (χ1) is 21.9. The summed E-state index contributed by atoms with van der Waals surface area (Å²) in [5.41, 5.74) is 2.81. The topological polar surface area (TPSA) is 102 Å². The fourth-order valence-corrected chi connectivity index (χ4v) is 6.03. The van der Waals surface area contributed by atoms with Crippen LogP contribution in [0, 0.1) is 0 Å². The van der Waals surface area contributed by atoms with Crippen molar-refractivity contribution in [3.63, 3.8) is 0 Å². The average molecular weight is 667 g/mol. The van der Waals surface area contributed by atoms with Crippen molar-refractivity contribution in [2.75, 3.05) is 17.8 Å². The molecule has 1 saturated heterocycles. The van der Waals surface area contributed by atoms with Crippen LogP contribution in [-0.2, 0) is 15.7 Å². The maximum Gasteiger partial charge on any atom is 0.416 e. The molecule has 0 bridgehead atoms. The maximum atomic E-state index is 12.9. The molecule has 5 rings (SSSR count). The fraction of sp³-hybridized carbons (Fsp3) is 0.250. The van der Waals surface area contributed by atoms with Gasteiger partial charge in [0.15, 0.2) is 11.0 Å². The third kappa shape index (κ3) is 7.45. The van der Waals surface area contributed by atoms with Gasteiger partial charge in [0.25, 0.3) is 0 Å². The van der Waals surface area contributed by atoms with Crippen LogP contribution in [-0.4, -0.2) is 49.8 Å². The number of amidine groups is 1. The Morgan fingerprint density at radius 1 is 1.09 bits per heavy atom. The van der Waals surface area contributed by atoms with Crippen molar-refractivity contribution in [3.05, 3.63) is 95.8 Å². The number of aliphatic imine (C=N–C) groups is 1. The zero-order valence-electron chi connectivity index (χ0n) is 25.0. The van der Waals surface area contributed by atoms with E-state index in [0.717, 1.165) is 23.4 Å². The molecule has 1 aliphatic rings. The third-order valence-electron chi connectivity index (χ3n) is 7.16. The van der Waals surface area contributed by atoms with Crippen LogP contribution in [0.4, 0.5) is 23.7 Å². The Balaban J connectivity index is 1.34. The number of para-hydroxylation sites is 1. The number of thiocarbonyl (C=S) groups is 1. The van der Waals surface area contributed by atoms with Crippen LogP contribution in [0.15, 0.2) is 84.1 Å². The molecule has 1 atom stereocenters. The Hall–Kier alpha value is -4.56. The number of amides is 2. The second-order valence-electron chi connectivity index (χ2n) is 10.6. The van der Waals surface area contributed by atoms with Gasteiger partial charge < -0.3 is 10.1 Å². The molecule has 1 aromatic heterocycles. The summed E-state index contributed by atoms with van der Waals surface area (Å²) in [5, 5.41) is 7.67. The van der Waals surface area contributed by atoms with E-state index in [1.54, 1.807) is 29.2 Å². The van der Waals surface area contributed by atoms with Gasteiger partial charge >= 0.3 is 12.3 Å². The van der Waals surface area contributed by atoms with Crippen LogP contribution in [0.2, 0.25) is 0 Å². The Kier molecular flexibility index (Phi) is 9.87. The lowest BCUT2D eigenvalue weighted by molar-refractivity contribution is -0.137. The van der Waals surface area contributed by atoms with E-state index in [9.17, 15) is 22.8 Å². The van der Waals surface area contributed by atoms with Gasteiger partial charge in [0.05, 0.1) is 35.8 Å². The predicted molar refractivity (Wildman–Crippen MR) is 175 cm³/mol. The Bertz CT molecular complexity index is 1770. The van der Waals surface area contributed by atoms with Gasteiger partial charge in [-0.2, -0.15) is 13.2 Å². The highest BCUT2D eigenvalue weighted by atomic mass is 32.2. The molecule has 4 aromatic rings. The van der Waals surface area contributed by atoms with Gasteiger partial charge in [-0.05, 0) is 47.4 Å². The lowest BCUT2D eigenvalue weighted by Crippen LogP contribution is -2.32.